The van der Waals surface area contributed by atoms with Crippen LogP contribution in [0.2, 0.25) is 0 Å². The van der Waals surface area contributed by atoms with Gasteiger partial charge in [-0.3, -0.25) is 0 Å². The van der Waals surface area contributed by atoms with Gasteiger partial charge in [-0.1, -0.05) is 11.1 Å². The van der Waals surface area contributed by atoms with Gasteiger partial charge in [-0.2, -0.15) is 0 Å². The molecule has 2 fully saturated rings. The molecular formula is C11H19NO2S. The number of hydrogen-bond acceptors (Lipinski definition) is 3. The fourth-order valence-corrected chi connectivity index (χ4v) is 3.68. The molecule has 1 heterocycles. The van der Waals surface area contributed by atoms with Crippen molar-refractivity contribution < 1.29 is 8.42 Å². The van der Waals surface area contributed by atoms with E-state index in [9.17, 15) is 8.42 Å². The zero-order chi connectivity index (χ0) is 10.9. The molecule has 0 amide bonds. The summed E-state index contributed by atoms with van der Waals surface area (Å²) < 4.78 is 23.0. The van der Waals surface area contributed by atoms with E-state index in [1.807, 2.05) is 0 Å². The smallest absolute Gasteiger partial charge is 0.150 e. The normalized spacial score (nSPS) is 33.3. The fraction of sp³-hybridized carbons (Fsp3) is 0.818. The van der Waals surface area contributed by atoms with Crippen molar-refractivity contribution in [2.45, 2.75) is 37.4 Å². The standard InChI is InChI=1S/C11H19NO2S/c1-15(13,14)11-4-2-3-9(7-11)10-5-6-12-8-10/h11-12H,2-8H2,1H3. The van der Waals surface area contributed by atoms with Gasteiger partial charge in [0.1, 0.15) is 0 Å². The van der Waals surface area contributed by atoms with Crippen molar-refractivity contribution in [1.82, 2.24) is 5.32 Å². The average Bonchev–Trinajstić information content (AvgIpc) is 2.69. The number of allylic oxidation sites excluding steroid dienone is 1. The summed E-state index contributed by atoms with van der Waals surface area (Å²) in [5, 5.41) is 3.20. The highest BCUT2D eigenvalue weighted by Crippen LogP contribution is 2.31. The van der Waals surface area contributed by atoms with Crippen molar-refractivity contribution in [3.63, 3.8) is 0 Å². The van der Waals surface area contributed by atoms with Crippen molar-refractivity contribution in [3.8, 4) is 0 Å². The minimum absolute atomic E-state index is 0.116. The molecule has 1 unspecified atom stereocenters. The zero-order valence-electron chi connectivity index (χ0n) is 9.25. The molecule has 0 aromatic heterocycles. The quantitative estimate of drug-likeness (QED) is 0.689. The maximum absolute atomic E-state index is 11.5. The van der Waals surface area contributed by atoms with Gasteiger partial charge in [-0.05, 0) is 38.6 Å². The Kier molecular flexibility index (Phi) is 3.16. The molecular weight excluding hydrogens is 210 g/mol. The van der Waals surface area contributed by atoms with Gasteiger partial charge in [0.15, 0.2) is 9.84 Å². The second-order valence-electron chi connectivity index (χ2n) is 4.68. The highest BCUT2D eigenvalue weighted by Gasteiger charge is 2.27. The van der Waals surface area contributed by atoms with Crippen LogP contribution in [0.1, 0.15) is 32.1 Å². The predicted octanol–water partition coefficient (Wildman–Crippen LogP) is 1.26. The molecule has 3 nitrogen and oxygen atoms in total. The molecule has 1 N–H and O–H groups in total. The Hall–Kier alpha value is -0.350. The lowest BCUT2D eigenvalue weighted by molar-refractivity contribution is 0.541. The van der Waals surface area contributed by atoms with Crippen LogP contribution in [-0.2, 0) is 9.84 Å². The zero-order valence-corrected chi connectivity index (χ0v) is 10.1. The maximum Gasteiger partial charge on any atom is 0.150 e. The van der Waals surface area contributed by atoms with Crippen LogP contribution in [0, 0.1) is 0 Å². The molecule has 1 aliphatic carbocycles. The first-order chi connectivity index (χ1) is 7.07. The van der Waals surface area contributed by atoms with Crippen LogP contribution < -0.4 is 5.32 Å². The number of rotatable bonds is 1. The summed E-state index contributed by atoms with van der Waals surface area (Å²) in [5.41, 5.74) is 2.89. The van der Waals surface area contributed by atoms with Gasteiger partial charge in [-0.25, -0.2) is 8.42 Å². The lowest BCUT2D eigenvalue weighted by Gasteiger charge is -2.24. The first kappa shape index (κ1) is 11.1. The number of sulfone groups is 1. The second kappa shape index (κ2) is 4.26. The van der Waals surface area contributed by atoms with E-state index in [0.717, 1.165) is 45.2 Å². The summed E-state index contributed by atoms with van der Waals surface area (Å²) in [5.74, 6) is 0. The van der Waals surface area contributed by atoms with Crippen LogP contribution in [0.5, 0.6) is 0 Å². The molecule has 2 rings (SSSR count). The molecule has 1 saturated carbocycles. The molecule has 0 radical (unpaired) electrons. The Bertz CT molecular complexity index is 362. The highest BCUT2D eigenvalue weighted by molar-refractivity contribution is 7.91. The largest absolute Gasteiger partial charge is 0.313 e. The third kappa shape index (κ3) is 2.61. The van der Waals surface area contributed by atoms with E-state index in [-0.39, 0.29) is 5.25 Å². The van der Waals surface area contributed by atoms with E-state index in [0.29, 0.717) is 0 Å². The van der Waals surface area contributed by atoms with Gasteiger partial charge in [-0.15, -0.1) is 0 Å². The Morgan fingerprint density at radius 3 is 2.67 bits per heavy atom. The molecule has 86 valence electrons. The first-order valence-corrected chi connectivity index (χ1v) is 7.62. The molecule has 4 heteroatoms. The molecule has 1 aliphatic heterocycles. The van der Waals surface area contributed by atoms with E-state index < -0.39 is 9.84 Å². The summed E-state index contributed by atoms with van der Waals surface area (Å²) >= 11 is 0. The molecule has 0 bridgehead atoms. The molecule has 0 aromatic rings. The number of nitrogens with one attached hydrogen (secondary N) is 1. The second-order valence-corrected chi connectivity index (χ2v) is 7.01. The van der Waals surface area contributed by atoms with E-state index in [2.05, 4.69) is 5.32 Å². The van der Waals surface area contributed by atoms with Crippen molar-refractivity contribution >= 4 is 9.84 Å². The summed E-state index contributed by atoms with van der Waals surface area (Å²) in [6, 6.07) is 0. The van der Waals surface area contributed by atoms with E-state index in [4.69, 9.17) is 0 Å². The minimum atomic E-state index is -2.84. The summed E-state index contributed by atoms with van der Waals surface area (Å²) in [6.45, 7) is 2.04. The van der Waals surface area contributed by atoms with Gasteiger partial charge in [0.25, 0.3) is 0 Å². The highest BCUT2D eigenvalue weighted by atomic mass is 32.2. The Labute approximate surface area is 91.9 Å². The Morgan fingerprint density at radius 2 is 2.07 bits per heavy atom. The van der Waals surface area contributed by atoms with Crippen molar-refractivity contribution in [2.24, 2.45) is 0 Å². The van der Waals surface area contributed by atoms with Crippen molar-refractivity contribution in [3.05, 3.63) is 11.1 Å². The SMILES string of the molecule is CS(=O)(=O)C1CCCC(=C2CCNC2)C1. The van der Waals surface area contributed by atoms with Gasteiger partial charge >= 0.3 is 0 Å². The molecule has 1 atom stereocenters. The third-order valence-corrected chi connectivity index (χ3v) is 5.14. The molecule has 1 saturated heterocycles. The predicted molar refractivity (Wildman–Crippen MR) is 61.6 cm³/mol. The van der Waals surface area contributed by atoms with Crippen LogP contribution >= 0.6 is 0 Å². The van der Waals surface area contributed by atoms with E-state index in [1.54, 1.807) is 0 Å². The lowest BCUT2D eigenvalue weighted by atomic mass is 9.90. The molecule has 0 spiro atoms. The molecule has 0 aromatic carbocycles. The molecule has 2 aliphatic rings. The topological polar surface area (TPSA) is 46.2 Å². The van der Waals surface area contributed by atoms with Gasteiger partial charge in [0.2, 0.25) is 0 Å². The summed E-state index contributed by atoms with van der Waals surface area (Å²) in [4.78, 5) is 0. The van der Waals surface area contributed by atoms with Crippen LogP contribution in [0.15, 0.2) is 11.1 Å². The monoisotopic (exact) mass is 229 g/mol. The first-order valence-electron chi connectivity index (χ1n) is 5.67. The van der Waals surface area contributed by atoms with E-state index in [1.165, 1.54) is 17.4 Å². The summed E-state index contributed by atoms with van der Waals surface area (Å²) in [6.07, 6.45) is 6.28. The van der Waals surface area contributed by atoms with E-state index >= 15 is 0 Å². The minimum Gasteiger partial charge on any atom is -0.313 e. The van der Waals surface area contributed by atoms with Gasteiger partial charge in [0.05, 0.1) is 5.25 Å². The van der Waals surface area contributed by atoms with Crippen LogP contribution in [0.25, 0.3) is 0 Å². The van der Waals surface area contributed by atoms with Crippen LogP contribution in [-0.4, -0.2) is 33.0 Å². The lowest BCUT2D eigenvalue weighted by Crippen LogP contribution is -2.24. The molecule has 15 heavy (non-hydrogen) atoms. The number of hydrogen-bond donors (Lipinski definition) is 1. The van der Waals surface area contributed by atoms with Gasteiger partial charge in [0, 0.05) is 12.8 Å². The third-order valence-electron chi connectivity index (χ3n) is 3.53. The fourth-order valence-electron chi connectivity index (χ4n) is 2.58. The Morgan fingerprint density at radius 1 is 1.27 bits per heavy atom. The van der Waals surface area contributed by atoms with Gasteiger partial charge < -0.3 is 5.32 Å². The van der Waals surface area contributed by atoms with Crippen molar-refractivity contribution in [2.75, 3.05) is 19.3 Å². The maximum atomic E-state index is 11.5. The summed E-state index contributed by atoms with van der Waals surface area (Å²) in [7, 11) is -2.84. The van der Waals surface area contributed by atoms with Crippen LogP contribution in [0.3, 0.4) is 0 Å². The average molecular weight is 229 g/mol. The Balaban J connectivity index is 2.14. The van der Waals surface area contributed by atoms with Crippen LogP contribution in [0.4, 0.5) is 0 Å². The van der Waals surface area contributed by atoms with Crippen molar-refractivity contribution in [1.29, 1.82) is 0 Å².